The molecule has 0 aliphatic carbocycles. The van der Waals surface area contributed by atoms with Gasteiger partial charge in [0.2, 0.25) is 0 Å². The van der Waals surface area contributed by atoms with Crippen LogP contribution in [0.2, 0.25) is 0 Å². The van der Waals surface area contributed by atoms with Gasteiger partial charge < -0.3 is 4.90 Å². The monoisotopic (exact) mass is 289 g/mol. The zero-order valence-electron chi connectivity index (χ0n) is 13.5. The van der Waals surface area contributed by atoms with E-state index in [9.17, 15) is 4.79 Å². The zero-order valence-corrected chi connectivity index (χ0v) is 13.5. The van der Waals surface area contributed by atoms with Crippen molar-refractivity contribution in [3.63, 3.8) is 0 Å². The molecule has 1 amide bonds. The lowest BCUT2D eigenvalue weighted by molar-refractivity contribution is 0.0784. The van der Waals surface area contributed by atoms with Crippen LogP contribution in [0.15, 0.2) is 18.2 Å². The third kappa shape index (κ3) is 4.03. The molecule has 0 atom stereocenters. The Balaban J connectivity index is 0.000000774. The Hall–Kier alpha value is -1.42. The summed E-state index contributed by atoms with van der Waals surface area (Å²) in [6, 6.07) is 5.81. The second-order valence-corrected chi connectivity index (χ2v) is 5.81. The predicted octanol–water partition coefficient (Wildman–Crippen LogP) is 2.80. The quantitative estimate of drug-likeness (QED) is 0.858. The van der Waals surface area contributed by atoms with E-state index in [1.54, 1.807) is 0 Å². The molecule has 0 bridgehead atoms. The van der Waals surface area contributed by atoms with Gasteiger partial charge in [0.15, 0.2) is 0 Å². The minimum atomic E-state index is 0.0938. The summed E-state index contributed by atoms with van der Waals surface area (Å²) >= 11 is 0. The second kappa shape index (κ2) is 7.55. The topological polar surface area (TPSA) is 36.4 Å². The molecular formula is C17H27N3O. The molecule has 0 aromatic carbocycles. The van der Waals surface area contributed by atoms with Crippen LogP contribution in [0, 0.1) is 5.92 Å². The maximum atomic E-state index is 12.3. The van der Waals surface area contributed by atoms with Gasteiger partial charge in [-0.2, -0.15) is 0 Å². The van der Waals surface area contributed by atoms with E-state index < -0.39 is 0 Å². The maximum Gasteiger partial charge on any atom is 0.272 e. The lowest BCUT2D eigenvalue weighted by atomic mass is 10.0. The molecule has 3 rings (SSSR count). The minimum Gasteiger partial charge on any atom is -0.337 e. The van der Waals surface area contributed by atoms with Crippen molar-refractivity contribution >= 4 is 5.91 Å². The SMILES string of the molecule is CC.CC1CN(Cc2cccc(C(=O)N3CCCC3)n2)C1. The normalized spacial score (nSPS) is 18.9. The first-order valence-electron chi connectivity index (χ1n) is 8.20. The van der Waals surface area contributed by atoms with Crippen LogP contribution in [0.3, 0.4) is 0 Å². The molecule has 4 nitrogen and oxygen atoms in total. The van der Waals surface area contributed by atoms with Gasteiger partial charge in [-0.15, -0.1) is 0 Å². The van der Waals surface area contributed by atoms with Crippen LogP contribution in [0.4, 0.5) is 0 Å². The van der Waals surface area contributed by atoms with E-state index in [4.69, 9.17) is 0 Å². The molecule has 2 saturated heterocycles. The van der Waals surface area contributed by atoms with Gasteiger partial charge in [-0.1, -0.05) is 26.8 Å². The lowest BCUT2D eigenvalue weighted by Crippen LogP contribution is -2.44. The van der Waals surface area contributed by atoms with Gasteiger partial charge in [-0.05, 0) is 30.9 Å². The predicted molar refractivity (Wildman–Crippen MR) is 85.2 cm³/mol. The van der Waals surface area contributed by atoms with Crippen LogP contribution in [-0.2, 0) is 6.54 Å². The molecular weight excluding hydrogens is 262 g/mol. The van der Waals surface area contributed by atoms with Gasteiger partial charge >= 0.3 is 0 Å². The van der Waals surface area contributed by atoms with Gasteiger partial charge in [0, 0.05) is 32.7 Å². The van der Waals surface area contributed by atoms with Crippen molar-refractivity contribution in [1.82, 2.24) is 14.8 Å². The summed E-state index contributed by atoms with van der Waals surface area (Å²) < 4.78 is 0. The molecule has 3 heterocycles. The molecule has 2 fully saturated rings. The summed E-state index contributed by atoms with van der Waals surface area (Å²) in [6.07, 6.45) is 2.24. The van der Waals surface area contributed by atoms with E-state index >= 15 is 0 Å². The molecule has 2 aliphatic rings. The molecule has 0 saturated carbocycles. The highest BCUT2D eigenvalue weighted by molar-refractivity contribution is 5.92. The van der Waals surface area contributed by atoms with Crippen LogP contribution in [0.5, 0.6) is 0 Å². The van der Waals surface area contributed by atoms with E-state index in [2.05, 4.69) is 16.8 Å². The Labute approximate surface area is 128 Å². The van der Waals surface area contributed by atoms with E-state index in [1.165, 1.54) is 0 Å². The van der Waals surface area contributed by atoms with Crippen molar-refractivity contribution in [2.45, 2.75) is 40.2 Å². The Morgan fingerprint density at radius 3 is 2.52 bits per heavy atom. The highest BCUT2D eigenvalue weighted by Gasteiger charge is 2.24. The molecule has 2 aliphatic heterocycles. The number of carbonyl (C=O) groups excluding carboxylic acids is 1. The summed E-state index contributed by atoms with van der Waals surface area (Å²) in [5.41, 5.74) is 1.62. The first-order chi connectivity index (χ1) is 10.2. The van der Waals surface area contributed by atoms with Gasteiger partial charge in [-0.25, -0.2) is 4.98 Å². The number of pyridine rings is 1. The number of hydrogen-bond donors (Lipinski definition) is 0. The molecule has 1 aromatic heterocycles. The third-order valence-corrected chi connectivity index (χ3v) is 3.94. The van der Waals surface area contributed by atoms with Crippen LogP contribution in [-0.4, -0.2) is 46.9 Å². The average Bonchev–Trinajstić information content (AvgIpc) is 3.01. The Bertz CT molecular complexity index is 463. The number of nitrogens with zero attached hydrogens (tertiary/aromatic N) is 3. The Morgan fingerprint density at radius 2 is 1.90 bits per heavy atom. The summed E-state index contributed by atoms with van der Waals surface area (Å²) in [6.45, 7) is 11.2. The van der Waals surface area contributed by atoms with E-state index in [0.717, 1.165) is 57.2 Å². The fourth-order valence-electron chi connectivity index (χ4n) is 2.96. The van der Waals surface area contributed by atoms with Gasteiger partial charge in [0.1, 0.15) is 5.69 Å². The van der Waals surface area contributed by atoms with Crippen molar-refractivity contribution in [3.8, 4) is 0 Å². The largest absolute Gasteiger partial charge is 0.337 e. The number of carbonyl (C=O) groups is 1. The van der Waals surface area contributed by atoms with Crippen LogP contribution in [0.1, 0.15) is 49.8 Å². The average molecular weight is 289 g/mol. The van der Waals surface area contributed by atoms with Crippen LogP contribution >= 0.6 is 0 Å². The van der Waals surface area contributed by atoms with Crippen LogP contribution < -0.4 is 0 Å². The van der Waals surface area contributed by atoms with Crippen molar-refractivity contribution in [1.29, 1.82) is 0 Å². The summed E-state index contributed by atoms with van der Waals surface area (Å²) in [7, 11) is 0. The van der Waals surface area contributed by atoms with Crippen molar-refractivity contribution in [2.75, 3.05) is 26.2 Å². The van der Waals surface area contributed by atoms with E-state index in [-0.39, 0.29) is 5.91 Å². The smallest absolute Gasteiger partial charge is 0.272 e. The molecule has 4 heteroatoms. The molecule has 0 unspecified atom stereocenters. The first kappa shape index (κ1) is 16.0. The van der Waals surface area contributed by atoms with E-state index in [0.29, 0.717) is 5.69 Å². The maximum absolute atomic E-state index is 12.3. The number of likely N-dealkylation sites (tertiary alicyclic amines) is 2. The highest BCUT2D eigenvalue weighted by atomic mass is 16.2. The molecule has 116 valence electrons. The summed E-state index contributed by atoms with van der Waals surface area (Å²) in [5, 5.41) is 0. The van der Waals surface area contributed by atoms with Gasteiger partial charge in [0.05, 0.1) is 5.69 Å². The fraction of sp³-hybridized carbons (Fsp3) is 0.647. The van der Waals surface area contributed by atoms with E-state index in [1.807, 2.05) is 36.9 Å². The molecule has 21 heavy (non-hydrogen) atoms. The minimum absolute atomic E-state index is 0.0938. The molecule has 0 spiro atoms. The van der Waals surface area contributed by atoms with Crippen molar-refractivity contribution in [3.05, 3.63) is 29.6 Å². The first-order valence-corrected chi connectivity index (χ1v) is 8.20. The third-order valence-electron chi connectivity index (χ3n) is 3.94. The number of amides is 1. The van der Waals surface area contributed by atoms with Gasteiger partial charge in [-0.3, -0.25) is 9.69 Å². The van der Waals surface area contributed by atoms with Crippen molar-refractivity contribution < 1.29 is 4.79 Å². The fourth-order valence-corrected chi connectivity index (χ4v) is 2.96. The van der Waals surface area contributed by atoms with Gasteiger partial charge in [0.25, 0.3) is 5.91 Å². The lowest BCUT2D eigenvalue weighted by Gasteiger charge is -2.36. The second-order valence-electron chi connectivity index (χ2n) is 5.81. The standard InChI is InChI=1S/C15H21N3O.C2H6/c1-12-9-17(10-12)11-13-5-4-6-14(16-13)15(19)18-7-2-3-8-18;1-2/h4-6,12H,2-3,7-11H2,1H3;1-2H3. The Morgan fingerprint density at radius 1 is 1.24 bits per heavy atom. The Kier molecular flexibility index (Phi) is 5.74. The van der Waals surface area contributed by atoms with Crippen LogP contribution in [0.25, 0.3) is 0 Å². The summed E-state index contributed by atoms with van der Waals surface area (Å²) in [5.74, 6) is 0.894. The highest BCUT2D eigenvalue weighted by Crippen LogP contribution is 2.17. The number of aromatic nitrogens is 1. The number of hydrogen-bond acceptors (Lipinski definition) is 3. The molecule has 1 aromatic rings. The summed E-state index contributed by atoms with van der Waals surface area (Å²) in [4.78, 5) is 21.1. The molecule has 0 N–H and O–H groups in total. The number of rotatable bonds is 3. The van der Waals surface area contributed by atoms with Crippen molar-refractivity contribution in [2.24, 2.45) is 5.92 Å². The molecule has 0 radical (unpaired) electrons. The zero-order chi connectivity index (χ0) is 15.2.